The maximum absolute atomic E-state index is 13.0. The first-order valence-corrected chi connectivity index (χ1v) is 5.80. The second kappa shape index (κ2) is 7.36. The Morgan fingerprint density at radius 3 is 2.88 bits per heavy atom. The van der Waals surface area contributed by atoms with E-state index in [2.05, 4.69) is 12.2 Å². The molecule has 0 saturated carbocycles. The van der Waals surface area contributed by atoms with Gasteiger partial charge in [-0.05, 0) is 31.0 Å². The van der Waals surface area contributed by atoms with Crippen LogP contribution in [0.2, 0.25) is 0 Å². The quantitative estimate of drug-likeness (QED) is 0.720. The fourth-order valence-corrected chi connectivity index (χ4v) is 1.49. The molecule has 0 amide bonds. The third-order valence-electron chi connectivity index (χ3n) is 2.39. The predicted molar refractivity (Wildman–Crippen MR) is 63.9 cm³/mol. The van der Waals surface area contributed by atoms with E-state index in [9.17, 15) is 4.39 Å². The lowest BCUT2D eigenvalue weighted by Crippen LogP contribution is -2.23. The summed E-state index contributed by atoms with van der Waals surface area (Å²) in [6.07, 6.45) is 1.04. The highest BCUT2D eigenvalue weighted by atomic mass is 19.1. The van der Waals surface area contributed by atoms with Crippen molar-refractivity contribution < 1.29 is 9.13 Å². The minimum Gasteiger partial charge on any atom is -0.380 e. The van der Waals surface area contributed by atoms with Crippen LogP contribution < -0.4 is 5.32 Å². The standard InChI is InChI=1S/C13H20FNO/c1-3-8-16-9-7-15-11(2)12-5-4-6-13(14)10-12/h4-6,10-11,15H,3,7-9H2,1-2H3. The van der Waals surface area contributed by atoms with Gasteiger partial charge in [-0.2, -0.15) is 0 Å². The SMILES string of the molecule is CCCOCCNC(C)c1cccc(F)c1. The average molecular weight is 225 g/mol. The Morgan fingerprint density at radius 2 is 2.19 bits per heavy atom. The summed E-state index contributed by atoms with van der Waals surface area (Å²) in [6.45, 7) is 6.40. The van der Waals surface area contributed by atoms with Gasteiger partial charge in [0.15, 0.2) is 0 Å². The molecule has 90 valence electrons. The normalized spacial score (nSPS) is 12.7. The molecule has 0 bridgehead atoms. The van der Waals surface area contributed by atoms with Crippen LogP contribution in [0.15, 0.2) is 24.3 Å². The molecule has 0 fully saturated rings. The van der Waals surface area contributed by atoms with Gasteiger partial charge in [0.25, 0.3) is 0 Å². The largest absolute Gasteiger partial charge is 0.380 e. The van der Waals surface area contributed by atoms with Gasteiger partial charge in [-0.1, -0.05) is 19.1 Å². The van der Waals surface area contributed by atoms with Gasteiger partial charge in [0.2, 0.25) is 0 Å². The van der Waals surface area contributed by atoms with Crippen molar-refractivity contribution in [2.45, 2.75) is 26.3 Å². The second-order valence-corrected chi connectivity index (χ2v) is 3.84. The highest BCUT2D eigenvalue weighted by Crippen LogP contribution is 2.12. The van der Waals surface area contributed by atoms with Crippen LogP contribution in [0.1, 0.15) is 31.9 Å². The molecule has 1 rings (SSSR count). The first-order chi connectivity index (χ1) is 7.74. The van der Waals surface area contributed by atoms with Crippen molar-refractivity contribution in [1.29, 1.82) is 0 Å². The van der Waals surface area contributed by atoms with Gasteiger partial charge in [0, 0.05) is 19.2 Å². The van der Waals surface area contributed by atoms with E-state index < -0.39 is 0 Å². The number of hydrogen-bond donors (Lipinski definition) is 1. The van der Waals surface area contributed by atoms with E-state index in [-0.39, 0.29) is 11.9 Å². The molecule has 1 aromatic carbocycles. The van der Waals surface area contributed by atoms with Crippen LogP contribution in [0.4, 0.5) is 4.39 Å². The van der Waals surface area contributed by atoms with E-state index in [0.29, 0.717) is 6.61 Å². The lowest BCUT2D eigenvalue weighted by atomic mass is 10.1. The van der Waals surface area contributed by atoms with E-state index >= 15 is 0 Å². The topological polar surface area (TPSA) is 21.3 Å². The van der Waals surface area contributed by atoms with Gasteiger partial charge in [0.05, 0.1) is 6.61 Å². The predicted octanol–water partition coefficient (Wildman–Crippen LogP) is 2.90. The van der Waals surface area contributed by atoms with Crippen LogP contribution >= 0.6 is 0 Å². The van der Waals surface area contributed by atoms with Gasteiger partial charge in [0.1, 0.15) is 5.82 Å². The first-order valence-electron chi connectivity index (χ1n) is 5.80. The minimum absolute atomic E-state index is 0.154. The maximum atomic E-state index is 13.0. The van der Waals surface area contributed by atoms with Gasteiger partial charge in [-0.3, -0.25) is 0 Å². The van der Waals surface area contributed by atoms with Crippen molar-refractivity contribution in [3.8, 4) is 0 Å². The lowest BCUT2D eigenvalue weighted by molar-refractivity contribution is 0.135. The molecule has 1 unspecified atom stereocenters. The highest BCUT2D eigenvalue weighted by molar-refractivity contribution is 5.19. The minimum atomic E-state index is -0.187. The molecule has 1 aromatic rings. The first kappa shape index (κ1) is 13.1. The summed E-state index contributed by atoms with van der Waals surface area (Å²) in [5, 5.41) is 3.29. The van der Waals surface area contributed by atoms with Gasteiger partial charge in [-0.25, -0.2) is 4.39 Å². The number of benzene rings is 1. The van der Waals surface area contributed by atoms with Crippen molar-refractivity contribution in [2.75, 3.05) is 19.8 Å². The van der Waals surface area contributed by atoms with E-state index in [1.807, 2.05) is 13.0 Å². The van der Waals surface area contributed by atoms with Crippen molar-refractivity contribution in [3.63, 3.8) is 0 Å². The Balaban J connectivity index is 2.27. The molecule has 1 N–H and O–H groups in total. The molecule has 0 aliphatic heterocycles. The van der Waals surface area contributed by atoms with Gasteiger partial charge in [-0.15, -0.1) is 0 Å². The third-order valence-corrected chi connectivity index (χ3v) is 2.39. The average Bonchev–Trinajstić information content (AvgIpc) is 2.28. The highest BCUT2D eigenvalue weighted by Gasteiger charge is 2.04. The molecular formula is C13H20FNO. The summed E-state index contributed by atoms with van der Waals surface area (Å²) in [6, 6.07) is 6.83. The summed E-state index contributed by atoms with van der Waals surface area (Å²) in [5.74, 6) is -0.187. The molecule has 0 aromatic heterocycles. The fraction of sp³-hybridized carbons (Fsp3) is 0.538. The van der Waals surface area contributed by atoms with E-state index in [1.165, 1.54) is 6.07 Å². The molecule has 0 aliphatic rings. The second-order valence-electron chi connectivity index (χ2n) is 3.84. The smallest absolute Gasteiger partial charge is 0.123 e. The number of ether oxygens (including phenoxy) is 1. The molecular weight excluding hydrogens is 205 g/mol. The molecule has 2 nitrogen and oxygen atoms in total. The van der Waals surface area contributed by atoms with Crippen LogP contribution in [0.3, 0.4) is 0 Å². The van der Waals surface area contributed by atoms with E-state index in [1.54, 1.807) is 12.1 Å². The zero-order valence-electron chi connectivity index (χ0n) is 10.0. The van der Waals surface area contributed by atoms with Crippen molar-refractivity contribution in [3.05, 3.63) is 35.6 Å². The van der Waals surface area contributed by atoms with Crippen molar-refractivity contribution in [2.24, 2.45) is 0 Å². The Labute approximate surface area is 96.8 Å². The summed E-state index contributed by atoms with van der Waals surface area (Å²) in [5.41, 5.74) is 0.968. The zero-order chi connectivity index (χ0) is 11.8. The van der Waals surface area contributed by atoms with Crippen LogP contribution in [-0.2, 0) is 4.74 Å². The summed E-state index contributed by atoms with van der Waals surface area (Å²) >= 11 is 0. The maximum Gasteiger partial charge on any atom is 0.123 e. The van der Waals surface area contributed by atoms with E-state index in [4.69, 9.17) is 4.74 Å². The molecule has 0 heterocycles. The van der Waals surface area contributed by atoms with Crippen LogP contribution in [0, 0.1) is 5.82 Å². The summed E-state index contributed by atoms with van der Waals surface area (Å²) in [7, 11) is 0. The van der Waals surface area contributed by atoms with Crippen molar-refractivity contribution in [1.82, 2.24) is 5.32 Å². The van der Waals surface area contributed by atoms with Crippen molar-refractivity contribution >= 4 is 0 Å². The Bertz CT molecular complexity index is 304. The fourth-order valence-electron chi connectivity index (χ4n) is 1.49. The van der Waals surface area contributed by atoms with Gasteiger partial charge < -0.3 is 10.1 Å². The molecule has 1 atom stereocenters. The summed E-state index contributed by atoms with van der Waals surface area (Å²) < 4.78 is 18.3. The molecule has 0 saturated heterocycles. The molecule has 0 aliphatic carbocycles. The third kappa shape index (κ3) is 4.73. The number of nitrogens with one attached hydrogen (secondary N) is 1. The number of hydrogen-bond acceptors (Lipinski definition) is 2. The monoisotopic (exact) mass is 225 g/mol. The van der Waals surface area contributed by atoms with E-state index in [0.717, 1.165) is 25.1 Å². The Morgan fingerprint density at radius 1 is 1.38 bits per heavy atom. The number of rotatable bonds is 7. The molecule has 0 spiro atoms. The number of halogens is 1. The Hall–Kier alpha value is -0.930. The molecule has 16 heavy (non-hydrogen) atoms. The molecule has 0 radical (unpaired) electrons. The van der Waals surface area contributed by atoms with Gasteiger partial charge >= 0.3 is 0 Å². The van der Waals surface area contributed by atoms with Crippen LogP contribution in [-0.4, -0.2) is 19.8 Å². The zero-order valence-corrected chi connectivity index (χ0v) is 10.0. The Kier molecular flexibility index (Phi) is 6.04. The summed E-state index contributed by atoms with van der Waals surface area (Å²) in [4.78, 5) is 0. The lowest BCUT2D eigenvalue weighted by Gasteiger charge is -2.14. The molecule has 3 heteroatoms. The van der Waals surface area contributed by atoms with Crippen LogP contribution in [0.25, 0.3) is 0 Å². The van der Waals surface area contributed by atoms with Crippen LogP contribution in [0.5, 0.6) is 0 Å².